The Labute approximate surface area is 147 Å². The molecule has 1 saturated carbocycles. The molecule has 0 radical (unpaired) electrons. The number of fused-ring (bicyclic) bond motifs is 1. The Morgan fingerprint density at radius 3 is 2.88 bits per heavy atom. The number of halogens is 2. The summed E-state index contributed by atoms with van der Waals surface area (Å²) in [5.41, 5.74) is 2.29. The van der Waals surface area contributed by atoms with Crippen molar-refractivity contribution in [1.82, 2.24) is 19.5 Å². The van der Waals surface area contributed by atoms with Gasteiger partial charge in [-0.2, -0.15) is 0 Å². The average Bonchev–Trinajstić information content (AvgIpc) is 3.25. The zero-order valence-corrected chi connectivity index (χ0v) is 14.6. The number of nitrogens with one attached hydrogen (secondary N) is 1. The second-order valence-corrected chi connectivity index (χ2v) is 7.31. The van der Waals surface area contributed by atoms with Gasteiger partial charge in [0.15, 0.2) is 33.8 Å². The first-order valence-corrected chi connectivity index (χ1v) is 9.08. The lowest BCUT2D eigenvalue weighted by atomic mass is 10.1. The molecule has 1 N–H and O–H groups in total. The number of hydrogen-bond donors (Lipinski definition) is 1. The molecule has 2 atom stereocenters. The maximum Gasteiger partial charge on any atom is 0.191 e. The fourth-order valence-electron chi connectivity index (χ4n) is 2.92. The maximum atomic E-state index is 13.4. The summed E-state index contributed by atoms with van der Waals surface area (Å²) in [6.45, 7) is 2.05. The van der Waals surface area contributed by atoms with Crippen LogP contribution in [0.15, 0.2) is 29.7 Å². The predicted octanol–water partition coefficient (Wildman–Crippen LogP) is 3.72. The third-order valence-corrected chi connectivity index (χ3v) is 5.03. The van der Waals surface area contributed by atoms with Crippen molar-refractivity contribution in [3.8, 4) is 0 Å². The van der Waals surface area contributed by atoms with Crippen LogP contribution in [0.25, 0.3) is 11.2 Å². The van der Waals surface area contributed by atoms with Gasteiger partial charge in [0.25, 0.3) is 0 Å². The number of anilines is 1. The molecular weight excluding hydrogens is 344 g/mol. The molecule has 0 amide bonds. The number of rotatable bonds is 5. The molecule has 1 aliphatic rings. The van der Waals surface area contributed by atoms with Crippen molar-refractivity contribution in [1.29, 1.82) is 0 Å². The van der Waals surface area contributed by atoms with Crippen LogP contribution in [0.1, 0.15) is 24.8 Å². The lowest BCUT2D eigenvalue weighted by Crippen LogP contribution is -2.08. The SMILES string of the molecule is CCSc1nc(N[C@@H]2C[C@H]2c2ccc(F)c(F)c2)c2ncn(C)c2n1. The standard InChI is InChI=1S/C17H17F2N5S/c1-3-25-17-22-15(14-16(23-17)24(2)8-20-14)21-13-7-10(13)9-4-5-11(18)12(19)6-9/h4-6,8,10,13H,3,7H2,1-2H3,(H,21,22,23)/t10-,13+/m0/s1. The normalized spacial score (nSPS) is 19.4. The van der Waals surface area contributed by atoms with E-state index in [4.69, 9.17) is 0 Å². The van der Waals surface area contributed by atoms with Crippen molar-refractivity contribution in [3.05, 3.63) is 41.7 Å². The number of aromatic nitrogens is 4. The Hall–Kier alpha value is -2.22. The van der Waals surface area contributed by atoms with E-state index in [9.17, 15) is 8.78 Å². The van der Waals surface area contributed by atoms with Gasteiger partial charge in [-0.25, -0.2) is 23.7 Å². The molecule has 25 heavy (non-hydrogen) atoms. The van der Waals surface area contributed by atoms with Gasteiger partial charge < -0.3 is 9.88 Å². The van der Waals surface area contributed by atoms with E-state index in [1.54, 1.807) is 24.2 Å². The predicted molar refractivity (Wildman–Crippen MR) is 93.8 cm³/mol. The molecule has 0 spiro atoms. The number of benzene rings is 1. The van der Waals surface area contributed by atoms with Crippen molar-refractivity contribution in [2.24, 2.45) is 7.05 Å². The van der Waals surface area contributed by atoms with E-state index in [0.29, 0.717) is 11.0 Å². The van der Waals surface area contributed by atoms with Gasteiger partial charge in [-0.3, -0.25) is 0 Å². The van der Waals surface area contributed by atoms with Crippen molar-refractivity contribution in [2.75, 3.05) is 11.1 Å². The molecule has 5 nitrogen and oxygen atoms in total. The first kappa shape index (κ1) is 16.3. The summed E-state index contributed by atoms with van der Waals surface area (Å²) >= 11 is 1.57. The third kappa shape index (κ3) is 3.06. The highest BCUT2D eigenvalue weighted by molar-refractivity contribution is 7.99. The molecule has 1 aliphatic carbocycles. The quantitative estimate of drug-likeness (QED) is 0.554. The highest BCUT2D eigenvalue weighted by atomic mass is 32.2. The molecule has 2 aromatic heterocycles. The van der Waals surface area contributed by atoms with Crippen LogP contribution in [0.2, 0.25) is 0 Å². The van der Waals surface area contributed by atoms with Crippen LogP contribution in [0.5, 0.6) is 0 Å². The summed E-state index contributed by atoms with van der Waals surface area (Å²) in [7, 11) is 1.90. The molecule has 3 aromatic rings. The number of nitrogens with zero attached hydrogens (tertiary/aromatic N) is 4. The van der Waals surface area contributed by atoms with Gasteiger partial charge in [0, 0.05) is 19.0 Å². The third-order valence-electron chi connectivity index (χ3n) is 4.30. The maximum absolute atomic E-state index is 13.4. The van der Waals surface area contributed by atoms with E-state index in [-0.39, 0.29) is 12.0 Å². The minimum Gasteiger partial charge on any atom is -0.365 e. The summed E-state index contributed by atoms with van der Waals surface area (Å²) in [5, 5.41) is 4.10. The molecule has 0 bridgehead atoms. The van der Waals surface area contributed by atoms with Gasteiger partial charge in [0.05, 0.1) is 6.33 Å². The Morgan fingerprint density at radius 2 is 2.12 bits per heavy atom. The lowest BCUT2D eigenvalue weighted by molar-refractivity contribution is 0.507. The zero-order chi connectivity index (χ0) is 17.6. The van der Waals surface area contributed by atoms with Crippen LogP contribution in [-0.4, -0.2) is 31.3 Å². The monoisotopic (exact) mass is 361 g/mol. The lowest BCUT2D eigenvalue weighted by Gasteiger charge is -2.08. The van der Waals surface area contributed by atoms with Gasteiger partial charge in [0.2, 0.25) is 0 Å². The molecule has 4 rings (SSSR count). The molecule has 0 aliphatic heterocycles. The summed E-state index contributed by atoms with van der Waals surface area (Å²) < 4.78 is 28.4. The van der Waals surface area contributed by atoms with Crippen LogP contribution >= 0.6 is 11.8 Å². The van der Waals surface area contributed by atoms with Gasteiger partial charge >= 0.3 is 0 Å². The van der Waals surface area contributed by atoms with Gasteiger partial charge in [-0.1, -0.05) is 24.8 Å². The van der Waals surface area contributed by atoms with Crippen LogP contribution in [0, 0.1) is 11.6 Å². The Kier molecular flexibility index (Phi) is 4.07. The molecule has 130 valence electrons. The minimum atomic E-state index is -0.818. The highest BCUT2D eigenvalue weighted by Gasteiger charge is 2.39. The van der Waals surface area contributed by atoms with E-state index < -0.39 is 11.6 Å². The molecule has 0 unspecified atom stereocenters. The number of imidazole rings is 1. The molecule has 0 saturated heterocycles. The summed E-state index contributed by atoms with van der Waals surface area (Å²) in [5.74, 6) is 0.0896. The molecular formula is C17H17F2N5S. The number of aryl methyl sites for hydroxylation is 1. The number of thioether (sulfide) groups is 1. The first-order chi connectivity index (χ1) is 12.1. The van der Waals surface area contributed by atoms with Gasteiger partial charge in [0.1, 0.15) is 0 Å². The smallest absolute Gasteiger partial charge is 0.191 e. The zero-order valence-electron chi connectivity index (χ0n) is 13.8. The largest absolute Gasteiger partial charge is 0.365 e. The fraction of sp³-hybridized carbons (Fsp3) is 0.353. The van der Waals surface area contributed by atoms with E-state index in [1.807, 2.05) is 11.6 Å². The van der Waals surface area contributed by atoms with Crippen molar-refractivity contribution >= 4 is 28.7 Å². The summed E-state index contributed by atoms with van der Waals surface area (Å²) in [6, 6.07) is 4.22. The number of hydrogen-bond acceptors (Lipinski definition) is 5. The first-order valence-electron chi connectivity index (χ1n) is 8.10. The van der Waals surface area contributed by atoms with Gasteiger partial charge in [-0.05, 0) is 29.9 Å². The van der Waals surface area contributed by atoms with E-state index >= 15 is 0 Å². The summed E-state index contributed by atoms with van der Waals surface area (Å²) in [4.78, 5) is 13.5. The molecule has 1 aromatic carbocycles. The second kappa shape index (κ2) is 6.25. The molecule has 1 fully saturated rings. The summed E-state index contributed by atoms with van der Waals surface area (Å²) in [6.07, 6.45) is 2.56. The Bertz CT molecular complexity index is 942. The second-order valence-electron chi connectivity index (χ2n) is 6.08. The van der Waals surface area contributed by atoms with Crippen LogP contribution in [-0.2, 0) is 7.05 Å². The van der Waals surface area contributed by atoms with Crippen LogP contribution in [0.3, 0.4) is 0 Å². The van der Waals surface area contributed by atoms with Crippen LogP contribution in [0.4, 0.5) is 14.6 Å². The molecule has 2 heterocycles. The Balaban J connectivity index is 1.60. The van der Waals surface area contributed by atoms with Crippen molar-refractivity contribution in [2.45, 2.75) is 30.5 Å². The van der Waals surface area contributed by atoms with E-state index in [1.165, 1.54) is 12.1 Å². The minimum absolute atomic E-state index is 0.129. The topological polar surface area (TPSA) is 55.6 Å². The van der Waals surface area contributed by atoms with E-state index in [0.717, 1.165) is 28.9 Å². The average molecular weight is 361 g/mol. The van der Waals surface area contributed by atoms with E-state index in [2.05, 4.69) is 27.2 Å². The molecule has 8 heteroatoms. The van der Waals surface area contributed by atoms with Gasteiger partial charge in [-0.15, -0.1) is 0 Å². The fourth-order valence-corrected chi connectivity index (χ4v) is 3.49. The van der Waals surface area contributed by atoms with Crippen LogP contribution < -0.4 is 5.32 Å². The Morgan fingerprint density at radius 1 is 1.28 bits per heavy atom. The highest BCUT2D eigenvalue weighted by Crippen LogP contribution is 2.43. The van der Waals surface area contributed by atoms with Crippen molar-refractivity contribution < 1.29 is 8.78 Å². The van der Waals surface area contributed by atoms with Crippen molar-refractivity contribution in [3.63, 3.8) is 0 Å².